The third-order valence-corrected chi connectivity index (χ3v) is 5.29. The van der Waals surface area contributed by atoms with Gasteiger partial charge in [-0.25, -0.2) is 0 Å². The molecule has 1 heterocycles. The Bertz CT molecular complexity index is 1170. The van der Waals surface area contributed by atoms with Crippen LogP contribution in [0.1, 0.15) is 31.8 Å². The smallest absolute Gasteiger partial charge is 0.323 e. The van der Waals surface area contributed by atoms with E-state index in [1.165, 1.54) is 12.1 Å². The molecular weight excluding hydrogens is 408 g/mol. The molecule has 0 aromatic heterocycles. The number of amides is 3. The number of imide groups is 1. The van der Waals surface area contributed by atoms with Crippen molar-refractivity contribution in [2.45, 2.75) is 6.42 Å². The molecule has 0 bridgehead atoms. The Balaban J connectivity index is 1.63. The predicted octanol–water partition coefficient (Wildman–Crippen LogP) is 2.99. The highest BCUT2D eigenvalue weighted by Gasteiger charge is 2.37. The van der Waals surface area contributed by atoms with E-state index in [1.807, 2.05) is 42.5 Å². The van der Waals surface area contributed by atoms with Crippen molar-refractivity contribution in [3.05, 3.63) is 101 Å². The lowest BCUT2D eigenvalue weighted by Gasteiger charge is -2.25. The third kappa shape index (κ3) is 4.13. The highest BCUT2D eigenvalue weighted by Crippen LogP contribution is 2.26. The van der Waals surface area contributed by atoms with Crippen LogP contribution in [-0.4, -0.2) is 46.8 Å². The average Bonchev–Trinajstić information content (AvgIpc) is 3.03. The molecule has 0 unspecified atom stereocenters. The minimum absolute atomic E-state index is 0.236. The van der Waals surface area contributed by atoms with E-state index < -0.39 is 36.8 Å². The molecule has 0 saturated carbocycles. The summed E-state index contributed by atoms with van der Waals surface area (Å²) >= 11 is 0. The monoisotopic (exact) mass is 428 g/mol. The van der Waals surface area contributed by atoms with Crippen LogP contribution in [-0.2, 0) is 16.0 Å². The number of hydrogen-bond donors (Lipinski definition) is 1. The second kappa shape index (κ2) is 8.85. The van der Waals surface area contributed by atoms with Gasteiger partial charge >= 0.3 is 5.97 Å². The molecule has 1 N–H and O–H groups in total. The topological polar surface area (TPSA) is 95.0 Å². The lowest BCUT2D eigenvalue weighted by molar-refractivity contribution is -0.136. The number of carbonyl (C=O) groups is 4. The maximum absolute atomic E-state index is 13.2. The fourth-order valence-electron chi connectivity index (χ4n) is 3.79. The Morgan fingerprint density at radius 1 is 0.781 bits per heavy atom. The average molecular weight is 428 g/mol. The number of carboxylic acid groups (broad SMARTS) is 1. The van der Waals surface area contributed by atoms with Crippen LogP contribution in [0.15, 0.2) is 78.9 Å². The molecule has 4 rings (SSSR count). The number of aliphatic carboxylic acids is 1. The van der Waals surface area contributed by atoms with Crippen molar-refractivity contribution >= 4 is 29.4 Å². The maximum atomic E-state index is 13.2. The summed E-state index contributed by atoms with van der Waals surface area (Å²) in [5.74, 6) is -2.98. The summed E-state index contributed by atoms with van der Waals surface area (Å²) in [6.07, 6.45) is 0.493. The first-order valence-electron chi connectivity index (χ1n) is 10.0. The summed E-state index contributed by atoms with van der Waals surface area (Å²) in [6.45, 7) is -1.13. The quantitative estimate of drug-likeness (QED) is 0.584. The summed E-state index contributed by atoms with van der Waals surface area (Å²) in [7, 11) is 0. The second-order valence-electron chi connectivity index (χ2n) is 7.41. The normalized spacial score (nSPS) is 12.6. The van der Waals surface area contributed by atoms with Crippen molar-refractivity contribution in [2.75, 3.05) is 18.0 Å². The molecule has 7 nitrogen and oxygen atoms in total. The first-order valence-corrected chi connectivity index (χ1v) is 10.0. The summed E-state index contributed by atoms with van der Waals surface area (Å²) in [5, 5.41) is 9.44. The van der Waals surface area contributed by atoms with Gasteiger partial charge < -0.3 is 5.11 Å². The number of para-hydroxylation sites is 1. The molecule has 160 valence electrons. The van der Waals surface area contributed by atoms with Crippen molar-refractivity contribution in [1.82, 2.24) is 4.90 Å². The number of anilines is 1. The molecule has 0 radical (unpaired) electrons. The van der Waals surface area contributed by atoms with Crippen molar-refractivity contribution < 1.29 is 24.3 Å². The van der Waals surface area contributed by atoms with Crippen LogP contribution in [0.25, 0.3) is 0 Å². The van der Waals surface area contributed by atoms with Gasteiger partial charge in [0.2, 0.25) is 5.91 Å². The molecule has 0 fully saturated rings. The van der Waals surface area contributed by atoms with Gasteiger partial charge in [0.1, 0.15) is 13.1 Å². The van der Waals surface area contributed by atoms with Crippen molar-refractivity contribution in [2.24, 2.45) is 0 Å². The van der Waals surface area contributed by atoms with Gasteiger partial charge in [-0.3, -0.25) is 29.0 Å². The van der Waals surface area contributed by atoms with E-state index in [1.54, 1.807) is 24.3 Å². The Morgan fingerprint density at radius 3 is 1.97 bits per heavy atom. The van der Waals surface area contributed by atoms with Crippen molar-refractivity contribution in [3.63, 3.8) is 0 Å². The Hall–Kier alpha value is -4.26. The van der Waals surface area contributed by atoms with Crippen molar-refractivity contribution in [1.29, 1.82) is 0 Å². The molecule has 0 spiro atoms. The predicted molar refractivity (Wildman–Crippen MR) is 117 cm³/mol. The zero-order chi connectivity index (χ0) is 22.7. The van der Waals surface area contributed by atoms with Crippen LogP contribution >= 0.6 is 0 Å². The minimum Gasteiger partial charge on any atom is -0.480 e. The zero-order valence-electron chi connectivity index (χ0n) is 17.1. The van der Waals surface area contributed by atoms with Gasteiger partial charge in [-0.15, -0.1) is 0 Å². The Labute approximate surface area is 184 Å². The number of hydrogen-bond acceptors (Lipinski definition) is 4. The van der Waals surface area contributed by atoms with E-state index in [0.717, 1.165) is 20.9 Å². The van der Waals surface area contributed by atoms with Crippen LogP contribution in [0.4, 0.5) is 5.69 Å². The van der Waals surface area contributed by atoms with E-state index in [-0.39, 0.29) is 11.1 Å². The van der Waals surface area contributed by atoms with E-state index in [9.17, 15) is 24.3 Å². The number of carboxylic acids is 1. The summed E-state index contributed by atoms with van der Waals surface area (Å²) in [5.41, 5.74) is 2.66. The number of carbonyl (C=O) groups excluding carboxylic acids is 3. The summed E-state index contributed by atoms with van der Waals surface area (Å²) in [6, 6.07) is 23.0. The zero-order valence-corrected chi connectivity index (χ0v) is 17.1. The number of benzene rings is 3. The van der Waals surface area contributed by atoms with E-state index in [4.69, 9.17) is 0 Å². The van der Waals surface area contributed by atoms with Crippen molar-refractivity contribution in [3.8, 4) is 0 Å². The Kier molecular flexibility index (Phi) is 5.81. The summed E-state index contributed by atoms with van der Waals surface area (Å²) < 4.78 is 0. The van der Waals surface area contributed by atoms with E-state index in [0.29, 0.717) is 12.1 Å². The van der Waals surface area contributed by atoms with Gasteiger partial charge in [-0.2, -0.15) is 0 Å². The molecule has 1 aliphatic rings. The van der Waals surface area contributed by atoms with Gasteiger partial charge in [-0.05, 0) is 35.7 Å². The number of nitrogens with zero attached hydrogens (tertiary/aromatic N) is 2. The highest BCUT2D eigenvalue weighted by atomic mass is 16.4. The molecule has 1 aliphatic heterocycles. The molecule has 3 amide bonds. The van der Waals surface area contributed by atoms with E-state index in [2.05, 4.69) is 0 Å². The lowest BCUT2D eigenvalue weighted by atomic mass is 10.0. The molecule has 0 atom stereocenters. The highest BCUT2D eigenvalue weighted by molar-refractivity contribution is 6.22. The molecule has 7 heteroatoms. The molecule has 3 aromatic rings. The number of fused-ring (bicyclic) bond motifs is 1. The molecular formula is C25H20N2O5. The largest absolute Gasteiger partial charge is 0.480 e. The van der Waals surface area contributed by atoms with Gasteiger partial charge in [-0.1, -0.05) is 60.7 Å². The van der Waals surface area contributed by atoms with Gasteiger partial charge in [0.05, 0.1) is 11.1 Å². The van der Waals surface area contributed by atoms with Gasteiger partial charge in [0.25, 0.3) is 11.8 Å². The molecule has 0 saturated heterocycles. The molecule has 0 aliphatic carbocycles. The van der Waals surface area contributed by atoms with Crippen LogP contribution in [0.3, 0.4) is 0 Å². The maximum Gasteiger partial charge on any atom is 0.323 e. The number of rotatable bonds is 7. The van der Waals surface area contributed by atoms with Crippen LogP contribution in [0.2, 0.25) is 0 Å². The van der Waals surface area contributed by atoms with E-state index >= 15 is 0 Å². The first-order chi connectivity index (χ1) is 15.5. The fourth-order valence-corrected chi connectivity index (χ4v) is 3.79. The second-order valence-corrected chi connectivity index (χ2v) is 7.41. The fraction of sp³-hybridized carbons (Fsp3) is 0.120. The van der Waals surface area contributed by atoms with Gasteiger partial charge in [0.15, 0.2) is 0 Å². The SMILES string of the molecule is O=C(O)CN(C(=O)CN1C(=O)c2ccccc2C1=O)c1ccccc1Cc1ccccc1. The minimum atomic E-state index is -1.20. The summed E-state index contributed by atoms with van der Waals surface area (Å²) in [4.78, 5) is 52.0. The van der Waals surface area contributed by atoms with Crippen LogP contribution in [0.5, 0.6) is 0 Å². The van der Waals surface area contributed by atoms with Gasteiger partial charge in [0, 0.05) is 5.69 Å². The van der Waals surface area contributed by atoms with Crippen LogP contribution < -0.4 is 4.90 Å². The standard InChI is InChI=1S/C25H20N2O5/c28-22(15-27-24(31)19-11-5-6-12-20(19)25(27)32)26(16-23(29)30)21-13-7-4-10-18(21)14-17-8-2-1-3-9-17/h1-13H,14-16H2,(H,29,30). The third-order valence-electron chi connectivity index (χ3n) is 5.29. The first kappa shape index (κ1) is 21.0. The lowest BCUT2D eigenvalue weighted by Crippen LogP contribution is -2.45. The molecule has 32 heavy (non-hydrogen) atoms. The Morgan fingerprint density at radius 2 is 1.34 bits per heavy atom. The molecule has 3 aromatic carbocycles. The van der Waals surface area contributed by atoms with Crippen LogP contribution in [0, 0.1) is 0 Å².